The zero-order chi connectivity index (χ0) is 27.6. The van der Waals surface area contributed by atoms with Gasteiger partial charge in [0.15, 0.2) is 11.2 Å². The fraction of sp³-hybridized carbons (Fsp3) is 0.333. The van der Waals surface area contributed by atoms with Crippen LogP contribution in [0.25, 0.3) is 16.9 Å². The summed E-state index contributed by atoms with van der Waals surface area (Å²) >= 11 is 0. The maximum Gasteiger partial charge on any atom is 0.337 e. The molecule has 0 radical (unpaired) electrons. The van der Waals surface area contributed by atoms with Crippen molar-refractivity contribution < 1.29 is 4.74 Å². The number of nitrogens with zero attached hydrogens (tertiary/aromatic N) is 6. The fourth-order valence-electron chi connectivity index (χ4n) is 5.45. The molecule has 10 nitrogen and oxygen atoms in total. The van der Waals surface area contributed by atoms with E-state index in [1.165, 1.54) is 9.13 Å². The zero-order valence-corrected chi connectivity index (χ0v) is 22.4. The largest absolute Gasteiger partial charge is 0.491 e. The molecule has 1 fully saturated rings. The molecule has 2 aliphatic rings. The first-order valence-corrected chi connectivity index (χ1v) is 13.5. The lowest BCUT2D eigenvalue weighted by Crippen LogP contribution is -2.44. The summed E-state index contributed by atoms with van der Waals surface area (Å²) in [6, 6.07) is 16.8. The molecule has 0 aliphatic carbocycles. The molecule has 1 unspecified atom stereocenters. The Labute approximate surface area is 231 Å². The molecule has 2 N–H and O–H groups in total. The molecule has 0 amide bonds. The Bertz CT molecular complexity index is 1770. The lowest BCUT2D eigenvalue weighted by Gasteiger charge is -2.31. The number of hydrogen-bond acceptors (Lipinski definition) is 7. The number of nitrogens with two attached hydrogens (primary N) is 1. The monoisotopic (exact) mass is 537 g/mol. The third-order valence-electron chi connectivity index (χ3n) is 7.34. The molecule has 40 heavy (non-hydrogen) atoms. The summed E-state index contributed by atoms with van der Waals surface area (Å²) in [7, 11) is 0. The molecule has 2 aromatic carbocycles. The molecule has 4 heterocycles. The smallest absolute Gasteiger partial charge is 0.337 e. The van der Waals surface area contributed by atoms with Gasteiger partial charge in [-0.25, -0.2) is 9.36 Å². The molecule has 0 bridgehead atoms. The zero-order valence-electron chi connectivity index (χ0n) is 22.4. The average molecular weight is 538 g/mol. The van der Waals surface area contributed by atoms with Gasteiger partial charge in [-0.3, -0.25) is 18.9 Å². The van der Waals surface area contributed by atoms with Crippen LogP contribution in [0.4, 0.5) is 5.95 Å². The van der Waals surface area contributed by atoms with Gasteiger partial charge in [0.2, 0.25) is 5.95 Å². The second kappa shape index (κ2) is 10.9. The van der Waals surface area contributed by atoms with Crippen LogP contribution in [-0.4, -0.2) is 56.7 Å². The minimum absolute atomic E-state index is 0.00257. The molecule has 204 valence electrons. The van der Waals surface area contributed by atoms with E-state index in [1.807, 2.05) is 59.2 Å². The summed E-state index contributed by atoms with van der Waals surface area (Å²) in [4.78, 5) is 40.1. The number of piperidine rings is 1. The van der Waals surface area contributed by atoms with Gasteiger partial charge in [-0.05, 0) is 44.0 Å². The number of aliphatic imine (C=N–C) groups is 1. The maximum absolute atomic E-state index is 14.3. The lowest BCUT2D eigenvalue weighted by molar-refractivity contribution is 0.331. The summed E-state index contributed by atoms with van der Waals surface area (Å²) < 4.78 is 10.4. The number of ether oxygens (including phenoxy) is 1. The maximum atomic E-state index is 14.3. The van der Waals surface area contributed by atoms with Gasteiger partial charge in [-0.15, -0.1) is 5.92 Å². The van der Waals surface area contributed by atoms with Crippen LogP contribution in [0.5, 0.6) is 5.75 Å². The van der Waals surface area contributed by atoms with Crippen molar-refractivity contribution in [2.24, 2.45) is 10.7 Å². The van der Waals surface area contributed by atoms with Gasteiger partial charge < -0.3 is 15.4 Å². The Morgan fingerprint density at radius 3 is 2.67 bits per heavy atom. The number of imidazole rings is 1. The van der Waals surface area contributed by atoms with Gasteiger partial charge in [-0.1, -0.05) is 36.3 Å². The lowest BCUT2D eigenvalue weighted by atomic mass is 10.1. The van der Waals surface area contributed by atoms with Crippen LogP contribution in [0, 0.1) is 11.8 Å². The van der Waals surface area contributed by atoms with E-state index in [9.17, 15) is 9.59 Å². The van der Waals surface area contributed by atoms with Gasteiger partial charge in [0.05, 0.1) is 31.0 Å². The molecule has 1 saturated heterocycles. The minimum Gasteiger partial charge on any atom is -0.491 e. The Kier molecular flexibility index (Phi) is 6.97. The molecule has 6 rings (SSSR count). The van der Waals surface area contributed by atoms with Gasteiger partial charge >= 0.3 is 5.69 Å². The normalized spacial score (nSPS) is 16.9. The number of benzene rings is 2. The van der Waals surface area contributed by atoms with Crippen LogP contribution in [0.3, 0.4) is 0 Å². The molecule has 4 aromatic rings. The number of anilines is 1. The highest BCUT2D eigenvalue weighted by Gasteiger charge is 2.28. The third kappa shape index (κ3) is 4.58. The predicted molar refractivity (Wildman–Crippen MR) is 156 cm³/mol. The van der Waals surface area contributed by atoms with Crippen molar-refractivity contribution >= 4 is 22.8 Å². The second-order valence-electron chi connectivity index (χ2n) is 9.96. The van der Waals surface area contributed by atoms with Crippen LogP contribution < -0.4 is 26.6 Å². The predicted octanol–water partition coefficient (Wildman–Crippen LogP) is 2.18. The van der Waals surface area contributed by atoms with Crippen molar-refractivity contribution in [3.05, 3.63) is 81.0 Å². The number of hydrogen-bond donors (Lipinski definition) is 1. The van der Waals surface area contributed by atoms with Gasteiger partial charge in [0, 0.05) is 24.7 Å². The third-order valence-corrected chi connectivity index (χ3v) is 7.34. The summed E-state index contributed by atoms with van der Waals surface area (Å²) in [5, 5.41) is 0. The van der Waals surface area contributed by atoms with Crippen molar-refractivity contribution in [3.8, 4) is 23.3 Å². The van der Waals surface area contributed by atoms with Gasteiger partial charge in [-0.2, -0.15) is 4.98 Å². The molecule has 2 aliphatic heterocycles. The Morgan fingerprint density at radius 2 is 1.88 bits per heavy atom. The average Bonchev–Trinajstić information content (AvgIpc) is 3.22. The summed E-state index contributed by atoms with van der Waals surface area (Å²) in [5.41, 5.74) is 8.02. The van der Waals surface area contributed by atoms with Gasteiger partial charge in [0.25, 0.3) is 5.56 Å². The second-order valence-corrected chi connectivity index (χ2v) is 9.96. The summed E-state index contributed by atoms with van der Waals surface area (Å²) in [5.74, 6) is 7.31. The highest BCUT2D eigenvalue weighted by atomic mass is 16.5. The molecular formula is C30H31N7O3. The van der Waals surface area contributed by atoms with E-state index in [1.54, 1.807) is 6.92 Å². The van der Waals surface area contributed by atoms with Crippen molar-refractivity contribution in [2.45, 2.75) is 38.9 Å². The van der Waals surface area contributed by atoms with Crippen molar-refractivity contribution in [1.29, 1.82) is 0 Å². The summed E-state index contributed by atoms with van der Waals surface area (Å²) in [6.07, 6.45) is 1.85. The van der Waals surface area contributed by atoms with E-state index in [2.05, 4.69) is 16.7 Å². The SMILES string of the molecule is CC#CCn1c(N2CCCC(N)C2)nc2c1c(=O)n(CC1=NCCOc3ccccc31)c(=O)n2-c1ccccc1. The van der Waals surface area contributed by atoms with E-state index < -0.39 is 11.2 Å². The quantitative estimate of drug-likeness (QED) is 0.391. The number of fused-ring (bicyclic) bond motifs is 2. The van der Waals surface area contributed by atoms with Crippen molar-refractivity contribution in [3.63, 3.8) is 0 Å². The van der Waals surface area contributed by atoms with Crippen molar-refractivity contribution in [1.82, 2.24) is 18.7 Å². The van der Waals surface area contributed by atoms with Crippen LogP contribution in [0.2, 0.25) is 0 Å². The molecular weight excluding hydrogens is 506 g/mol. The van der Waals surface area contributed by atoms with E-state index in [4.69, 9.17) is 20.4 Å². The Balaban J connectivity index is 1.62. The molecule has 1 atom stereocenters. The molecule has 2 aromatic heterocycles. The van der Waals surface area contributed by atoms with Crippen LogP contribution in [0.1, 0.15) is 25.3 Å². The van der Waals surface area contributed by atoms with Crippen molar-refractivity contribution in [2.75, 3.05) is 31.1 Å². The van der Waals surface area contributed by atoms with E-state index >= 15 is 0 Å². The van der Waals surface area contributed by atoms with E-state index in [0.29, 0.717) is 54.0 Å². The molecule has 0 spiro atoms. The number of rotatable bonds is 5. The first-order valence-electron chi connectivity index (χ1n) is 13.5. The minimum atomic E-state index is -0.484. The summed E-state index contributed by atoms with van der Waals surface area (Å²) in [6.45, 7) is 4.23. The molecule has 0 saturated carbocycles. The number of aromatic nitrogens is 4. The van der Waals surface area contributed by atoms with Crippen LogP contribution in [-0.2, 0) is 13.1 Å². The highest BCUT2D eigenvalue weighted by molar-refractivity contribution is 6.03. The fourth-order valence-corrected chi connectivity index (χ4v) is 5.45. The van der Waals surface area contributed by atoms with Crippen LogP contribution in [0.15, 0.2) is 69.2 Å². The van der Waals surface area contributed by atoms with Crippen LogP contribution >= 0.6 is 0 Å². The first-order chi connectivity index (χ1) is 19.6. The van der Waals surface area contributed by atoms with E-state index in [0.717, 1.165) is 24.9 Å². The first kappa shape index (κ1) is 25.6. The Morgan fingerprint density at radius 1 is 1.07 bits per heavy atom. The number of para-hydroxylation sites is 2. The topological polar surface area (TPSA) is 113 Å². The van der Waals surface area contributed by atoms with E-state index in [-0.39, 0.29) is 19.1 Å². The standard InChI is InChI=1S/C30H31N7O3/c1-2-3-17-35-26-27(33-29(35)34-16-9-10-21(31)19-34)37(22-11-5-4-6-12-22)30(39)36(28(26)38)20-24-23-13-7-8-14-25(23)40-18-15-32-24/h4-8,11-14,21H,9-10,15-20,31H2,1H3. The molecule has 10 heteroatoms. The Hall–Kier alpha value is -4.62. The van der Waals surface area contributed by atoms with Gasteiger partial charge in [0.1, 0.15) is 12.4 Å². The highest BCUT2D eigenvalue weighted by Crippen LogP contribution is 2.25.